The van der Waals surface area contributed by atoms with Gasteiger partial charge < -0.3 is 24.8 Å². The summed E-state index contributed by atoms with van der Waals surface area (Å²) in [6.45, 7) is 6.48. The molecule has 0 unspecified atom stereocenters. The van der Waals surface area contributed by atoms with Crippen LogP contribution >= 0.6 is 12.2 Å². The van der Waals surface area contributed by atoms with Gasteiger partial charge in [0, 0.05) is 36.2 Å². The molecule has 4 aromatic rings. The fraction of sp³-hybridized carbons (Fsp3) is 0.250. The number of hydrogen-bond donors (Lipinski definition) is 2. The maximum atomic E-state index is 12.9. The van der Waals surface area contributed by atoms with Gasteiger partial charge in [-0.2, -0.15) is 0 Å². The number of pyridine rings is 1. The number of nitrogens with one attached hydrogen (secondary N) is 2. The van der Waals surface area contributed by atoms with Gasteiger partial charge in [-0.1, -0.05) is 35.9 Å². The van der Waals surface area contributed by atoms with Gasteiger partial charge in [0.1, 0.15) is 0 Å². The third-order valence-electron chi connectivity index (χ3n) is 7.45. The summed E-state index contributed by atoms with van der Waals surface area (Å²) in [6, 6.07) is 22.6. The van der Waals surface area contributed by atoms with Gasteiger partial charge in [0.05, 0.1) is 36.1 Å². The summed E-state index contributed by atoms with van der Waals surface area (Å²) in [5.41, 5.74) is 6.93. The summed E-state index contributed by atoms with van der Waals surface area (Å²) in [7, 11) is 1.38. The van der Waals surface area contributed by atoms with E-state index >= 15 is 0 Å². The Kier molecular flexibility index (Phi) is 8.16. The SMILES string of the molecule is COC(=O)c1ccccc1-n1c(C)cc([C@@H]2[C@H](c3ccccn3)NC(=S)N2CCC(=O)Nc2ccc(C)cc2)c1C. The molecule has 5 rings (SSSR count). The van der Waals surface area contributed by atoms with Crippen molar-refractivity contribution in [2.45, 2.75) is 39.3 Å². The van der Waals surface area contributed by atoms with Crippen LogP contribution in [0.3, 0.4) is 0 Å². The van der Waals surface area contributed by atoms with E-state index < -0.39 is 5.97 Å². The van der Waals surface area contributed by atoms with Crippen LogP contribution in [0.15, 0.2) is 79.0 Å². The molecule has 0 radical (unpaired) electrons. The fourth-order valence-electron chi connectivity index (χ4n) is 5.48. The number of esters is 1. The van der Waals surface area contributed by atoms with Crippen molar-refractivity contribution in [1.29, 1.82) is 0 Å². The number of ether oxygens (including phenoxy) is 1. The summed E-state index contributed by atoms with van der Waals surface area (Å²) in [4.78, 5) is 32.2. The van der Waals surface area contributed by atoms with Gasteiger partial charge in [0.2, 0.25) is 5.91 Å². The molecular weight excluding hydrogens is 534 g/mol. The lowest BCUT2D eigenvalue weighted by Gasteiger charge is -2.28. The first-order valence-electron chi connectivity index (χ1n) is 13.5. The van der Waals surface area contributed by atoms with Crippen LogP contribution in [-0.4, -0.2) is 45.1 Å². The van der Waals surface area contributed by atoms with Gasteiger partial charge in [-0.3, -0.25) is 9.78 Å². The number of carbonyl (C=O) groups is 2. The van der Waals surface area contributed by atoms with Crippen molar-refractivity contribution in [2.24, 2.45) is 0 Å². The van der Waals surface area contributed by atoms with E-state index in [9.17, 15) is 9.59 Å². The summed E-state index contributed by atoms with van der Waals surface area (Å²) < 4.78 is 7.13. The van der Waals surface area contributed by atoms with Crippen molar-refractivity contribution in [3.63, 3.8) is 0 Å². The van der Waals surface area contributed by atoms with E-state index in [-0.39, 0.29) is 24.4 Å². The highest BCUT2D eigenvalue weighted by molar-refractivity contribution is 7.80. The van der Waals surface area contributed by atoms with Crippen LogP contribution in [0.2, 0.25) is 0 Å². The molecule has 0 aliphatic carbocycles. The Labute approximate surface area is 245 Å². The predicted octanol–water partition coefficient (Wildman–Crippen LogP) is 5.59. The molecule has 1 aliphatic rings. The molecule has 8 nitrogen and oxygen atoms in total. The Morgan fingerprint density at radius 1 is 1.02 bits per heavy atom. The third kappa shape index (κ3) is 5.71. The molecule has 2 atom stereocenters. The van der Waals surface area contributed by atoms with Crippen molar-refractivity contribution >= 4 is 34.9 Å². The van der Waals surface area contributed by atoms with Crippen LogP contribution in [-0.2, 0) is 9.53 Å². The van der Waals surface area contributed by atoms with Crippen molar-refractivity contribution in [2.75, 3.05) is 19.0 Å². The minimum atomic E-state index is -0.397. The Hall–Kier alpha value is -4.50. The van der Waals surface area contributed by atoms with Crippen LogP contribution in [0.1, 0.15) is 57.1 Å². The van der Waals surface area contributed by atoms with Gasteiger partial charge in [0.15, 0.2) is 5.11 Å². The maximum Gasteiger partial charge on any atom is 0.339 e. The standard InChI is InChI=1S/C32H33N5O3S/c1-20-12-14-23(15-13-20)34-28(38)16-18-36-30(29(35-32(36)41)26-10-7-8-17-33-26)25-19-21(2)37(22(25)3)27-11-6-5-9-24(27)31(39)40-4/h5-15,17,19,29-30H,16,18H2,1-4H3,(H,34,38)(H,35,41)/t29-,30+/m0/s1. The molecule has 2 aromatic heterocycles. The number of carbonyl (C=O) groups excluding carboxylic acids is 2. The van der Waals surface area contributed by atoms with E-state index in [1.165, 1.54) is 7.11 Å². The number of benzene rings is 2. The fourth-order valence-corrected chi connectivity index (χ4v) is 5.81. The third-order valence-corrected chi connectivity index (χ3v) is 7.80. The minimum Gasteiger partial charge on any atom is -0.465 e. The zero-order valence-corrected chi connectivity index (χ0v) is 24.4. The smallest absolute Gasteiger partial charge is 0.339 e. The summed E-state index contributed by atoms with van der Waals surface area (Å²) in [5.74, 6) is -0.486. The minimum absolute atomic E-state index is 0.0887. The monoisotopic (exact) mass is 567 g/mol. The molecule has 2 N–H and O–H groups in total. The number of thiocarbonyl (C=S) groups is 1. The molecule has 9 heteroatoms. The highest BCUT2D eigenvalue weighted by atomic mass is 32.1. The normalized spacial score (nSPS) is 16.4. The summed E-state index contributed by atoms with van der Waals surface area (Å²) in [5, 5.41) is 7.01. The number of amides is 1. The van der Waals surface area contributed by atoms with Gasteiger partial charge in [-0.25, -0.2) is 4.79 Å². The molecular formula is C32H33N5O3S. The maximum absolute atomic E-state index is 12.9. The van der Waals surface area contributed by atoms with E-state index in [1.807, 2.05) is 81.4 Å². The number of anilines is 1. The van der Waals surface area contributed by atoms with Gasteiger partial charge in [-0.15, -0.1) is 0 Å². The van der Waals surface area contributed by atoms with Crippen LogP contribution in [0.4, 0.5) is 5.69 Å². The van der Waals surface area contributed by atoms with Crippen molar-refractivity contribution in [3.05, 3.63) is 113 Å². The van der Waals surface area contributed by atoms with E-state index in [4.69, 9.17) is 17.0 Å². The average molecular weight is 568 g/mol. The second-order valence-electron chi connectivity index (χ2n) is 10.2. The Bertz CT molecular complexity index is 1580. The van der Waals surface area contributed by atoms with E-state index in [0.29, 0.717) is 17.2 Å². The second-order valence-corrected chi connectivity index (χ2v) is 10.5. The lowest BCUT2D eigenvalue weighted by atomic mass is 9.96. The Balaban J connectivity index is 1.50. The molecule has 2 aromatic carbocycles. The number of hydrogen-bond acceptors (Lipinski definition) is 5. The second kappa shape index (κ2) is 11.9. The van der Waals surface area contributed by atoms with Crippen LogP contribution in [0.25, 0.3) is 5.69 Å². The topological polar surface area (TPSA) is 88.5 Å². The van der Waals surface area contributed by atoms with E-state index in [1.54, 1.807) is 12.3 Å². The van der Waals surface area contributed by atoms with Crippen molar-refractivity contribution in [3.8, 4) is 5.69 Å². The van der Waals surface area contributed by atoms with Gasteiger partial charge in [-0.05, 0) is 81.0 Å². The molecule has 210 valence electrons. The molecule has 3 heterocycles. The number of para-hydroxylation sites is 1. The number of methoxy groups -OCH3 is 1. The molecule has 1 amide bonds. The first-order valence-corrected chi connectivity index (χ1v) is 13.9. The molecule has 1 fully saturated rings. The molecule has 1 saturated heterocycles. The summed E-state index contributed by atoms with van der Waals surface area (Å²) >= 11 is 5.83. The van der Waals surface area contributed by atoms with Gasteiger partial charge in [0.25, 0.3) is 0 Å². The molecule has 1 aliphatic heterocycles. The number of aromatic nitrogens is 2. The average Bonchev–Trinajstić information content (AvgIpc) is 3.47. The highest BCUT2D eigenvalue weighted by Crippen LogP contribution is 2.41. The molecule has 0 saturated carbocycles. The van der Waals surface area contributed by atoms with Crippen molar-refractivity contribution in [1.82, 2.24) is 19.8 Å². The summed E-state index contributed by atoms with van der Waals surface area (Å²) in [6.07, 6.45) is 2.02. The zero-order chi connectivity index (χ0) is 29.1. The molecule has 41 heavy (non-hydrogen) atoms. The lowest BCUT2D eigenvalue weighted by Crippen LogP contribution is -2.32. The first kappa shape index (κ1) is 28.0. The number of rotatable bonds is 8. The first-order chi connectivity index (χ1) is 19.8. The van der Waals surface area contributed by atoms with E-state index in [2.05, 4.69) is 31.2 Å². The lowest BCUT2D eigenvalue weighted by molar-refractivity contribution is -0.116. The molecule has 0 bridgehead atoms. The predicted molar refractivity (Wildman–Crippen MR) is 163 cm³/mol. The van der Waals surface area contributed by atoms with Crippen molar-refractivity contribution < 1.29 is 14.3 Å². The number of nitrogens with zero attached hydrogens (tertiary/aromatic N) is 3. The quantitative estimate of drug-likeness (QED) is 0.212. The molecule has 0 spiro atoms. The van der Waals surface area contributed by atoms with Crippen LogP contribution in [0, 0.1) is 20.8 Å². The largest absolute Gasteiger partial charge is 0.465 e. The zero-order valence-electron chi connectivity index (χ0n) is 23.5. The Morgan fingerprint density at radius 2 is 1.76 bits per heavy atom. The number of aryl methyl sites for hydroxylation is 2. The van der Waals surface area contributed by atoms with Crippen LogP contribution < -0.4 is 10.6 Å². The van der Waals surface area contributed by atoms with Crippen LogP contribution in [0.5, 0.6) is 0 Å². The van der Waals surface area contributed by atoms with Gasteiger partial charge >= 0.3 is 5.97 Å². The van der Waals surface area contributed by atoms with E-state index in [0.717, 1.165) is 39.6 Å². The Morgan fingerprint density at radius 3 is 2.46 bits per heavy atom. The highest BCUT2D eigenvalue weighted by Gasteiger charge is 2.41.